The Labute approximate surface area is 153 Å². The van der Waals surface area contributed by atoms with E-state index in [2.05, 4.69) is 5.32 Å². The molecule has 7 heteroatoms. The fourth-order valence-electron chi connectivity index (χ4n) is 2.47. The van der Waals surface area contributed by atoms with Crippen molar-refractivity contribution in [1.29, 1.82) is 0 Å². The van der Waals surface area contributed by atoms with Crippen molar-refractivity contribution in [2.45, 2.75) is 26.3 Å². The van der Waals surface area contributed by atoms with E-state index >= 15 is 0 Å². The number of carbonyl (C=O) groups is 1. The summed E-state index contributed by atoms with van der Waals surface area (Å²) in [6, 6.07) is 13.1. The van der Waals surface area contributed by atoms with Gasteiger partial charge < -0.3 is 5.32 Å². The Bertz CT molecular complexity index is 834. The second kappa shape index (κ2) is 8.80. The minimum absolute atomic E-state index is 0.174. The summed E-state index contributed by atoms with van der Waals surface area (Å²) in [6.07, 6.45) is 1.76. The van der Waals surface area contributed by atoms with E-state index in [1.54, 1.807) is 24.3 Å². The number of nitrogens with zero attached hydrogens (tertiary/aromatic N) is 1. The molecule has 0 radical (unpaired) electrons. The molecule has 0 fully saturated rings. The molecule has 0 bridgehead atoms. The topological polar surface area (TPSA) is 66.5 Å². The Morgan fingerprint density at radius 2 is 1.69 bits per heavy atom. The Hall–Kier alpha value is -2.41. The van der Waals surface area contributed by atoms with Crippen LogP contribution in [0.3, 0.4) is 0 Å². The first kappa shape index (κ1) is 19.9. The van der Waals surface area contributed by atoms with Crippen LogP contribution in [0.4, 0.5) is 10.1 Å². The Morgan fingerprint density at radius 1 is 1.08 bits per heavy atom. The van der Waals surface area contributed by atoms with Gasteiger partial charge in [0.15, 0.2) is 0 Å². The van der Waals surface area contributed by atoms with Crippen molar-refractivity contribution in [1.82, 2.24) is 5.32 Å². The summed E-state index contributed by atoms with van der Waals surface area (Å²) in [6.45, 7) is 2.47. The smallest absolute Gasteiger partial charge is 0.232 e. The summed E-state index contributed by atoms with van der Waals surface area (Å²) in [7, 11) is -3.42. The van der Waals surface area contributed by atoms with Crippen molar-refractivity contribution < 1.29 is 17.6 Å². The molecule has 2 rings (SSSR count). The van der Waals surface area contributed by atoms with Crippen LogP contribution in [-0.2, 0) is 21.4 Å². The summed E-state index contributed by atoms with van der Waals surface area (Å²) < 4.78 is 38.2. The van der Waals surface area contributed by atoms with Gasteiger partial charge in [-0.25, -0.2) is 12.8 Å². The number of aryl methyl sites for hydroxylation is 1. The van der Waals surface area contributed by atoms with Crippen molar-refractivity contribution in [2.75, 3.05) is 17.1 Å². The van der Waals surface area contributed by atoms with Crippen LogP contribution in [0.25, 0.3) is 0 Å². The molecule has 0 atom stereocenters. The van der Waals surface area contributed by atoms with Crippen LogP contribution >= 0.6 is 0 Å². The van der Waals surface area contributed by atoms with Crippen molar-refractivity contribution in [3.63, 3.8) is 0 Å². The molecule has 140 valence electrons. The van der Waals surface area contributed by atoms with Gasteiger partial charge in [0, 0.05) is 19.5 Å². The molecule has 0 saturated carbocycles. The molecule has 0 saturated heterocycles. The number of hydrogen-bond acceptors (Lipinski definition) is 3. The van der Waals surface area contributed by atoms with Crippen LogP contribution in [0.5, 0.6) is 0 Å². The Kier molecular flexibility index (Phi) is 6.74. The van der Waals surface area contributed by atoms with E-state index in [0.29, 0.717) is 18.7 Å². The second-order valence-corrected chi connectivity index (χ2v) is 8.08. The quantitative estimate of drug-likeness (QED) is 0.768. The van der Waals surface area contributed by atoms with Gasteiger partial charge in [0.25, 0.3) is 0 Å². The van der Waals surface area contributed by atoms with Crippen molar-refractivity contribution in [3.05, 3.63) is 65.5 Å². The maximum absolute atomic E-state index is 12.8. The first-order valence-electron chi connectivity index (χ1n) is 8.31. The van der Waals surface area contributed by atoms with E-state index < -0.39 is 10.0 Å². The van der Waals surface area contributed by atoms with Crippen LogP contribution in [0.1, 0.15) is 24.0 Å². The maximum Gasteiger partial charge on any atom is 0.232 e. The predicted molar refractivity (Wildman–Crippen MR) is 101 cm³/mol. The number of anilines is 1. The van der Waals surface area contributed by atoms with Gasteiger partial charge in [-0.1, -0.05) is 29.8 Å². The fourth-order valence-corrected chi connectivity index (χ4v) is 3.44. The first-order chi connectivity index (χ1) is 12.3. The van der Waals surface area contributed by atoms with Gasteiger partial charge in [0.1, 0.15) is 5.82 Å². The summed E-state index contributed by atoms with van der Waals surface area (Å²) in [5.41, 5.74) is 2.43. The van der Waals surface area contributed by atoms with Gasteiger partial charge in [-0.2, -0.15) is 0 Å². The van der Waals surface area contributed by atoms with Gasteiger partial charge in [0.2, 0.25) is 15.9 Å². The highest BCUT2D eigenvalue weighted by atomic mass is 32.2. The van der Waals surface area contributed by atoms with E-state index in [0.717, 1.165) is 17.4 Å². The molecular formula is C19H23FN2O3S. The number of benzene rings is 2. The van der Waals surface area contributed by atoms with Crippen LogP contribution in [-0.4, -0.2) is 27.1 Å². The lowest BCUT2D eigenvalue weighted by Gasteiger charge is -2.22. The first-order valence-corrected chi connectivity index (χ1v) is 10.2. The van der Waals surface area contributed by atoms with E-state index in [4.69, 9.17) is 0 Å². The molecule has 0 heterocycles. The molecule has 2 aromatic carbocycles. The van der Waals surface area contributed by atoms with E-state index in [-0.39, 0.29) is 24.7 Å². The maximum atomic E-state index is 12.8. The van der Waals surface area contributed by atoms with E-state index in [9.17, 15) is 17.6 Å². The molecule has 26 heavy (non-hydrogen) atoms. The minimum atomic E-state index is -3.42. The van der Waals surface area contributed by atoms with E-state index in [1.807, 2.05) is 19.1 Å². The number of hydrogen-bond donors (Lipinski definition) is 1. The Morgan fingerprint density at radius 3 is 2.27 bits per heavy atom. The van der Waals surface area contributed by atoms with Crippen molar-refractivity contribution in [3.8, 4) is 0 Å². The molecule has 0 aliphatic carbocycles. The van der Waals surface area contributed by atoms with Crippen LogP contribution in [0, 0.1) is 12.7 Å². The lowest BCUT2D eigenvalue weighted by atomic mass is 10.2. The standard InChI is InChI=1S/C19H23FN2O3S/c1-15-5-11-18(12-6-15)22(26(2,24)25)13-3-4-19(23)21-14-16-7-9-17(20)10-8-16/h5-12H,3-4,13-14H2,1-2H3,(H,21,23). The van der Waals surface area contributed by atoms with Gasteiger partial charge in [-0.3, -0.25) is 9.10 Å². The lowest BCUT2D eigenvalue weighted by molar-refractivity contribution is -0.121. The number of sulfonamides is 1. The van der Waals surface area contributed by atoms with Crippen LogP contribution in [0.2, 0.25) is 0 Å². The molecule has 0 unspecified atom stereocenters. The SMILES string of the molecule is Cc1ccc(N(CCCC(=O)NCc2ccc(F)cc2)S(C)(=O)=O)cc1. The number of nitrogens with one attached hydrogen (secondary N) is 1. The number of amides is 1. The largest absolute Gasteiger partial charge is 0.352 e. The Balaban J connectivity index is 1.85. The third-order valence-electron chi connectivity index (χ3n) is 3.89. The summed E-state index contributed by atoms with van der Waals surface area (Å²) in [5.74, 6) is -0.497. The molecule has 1 amide bonds. The molecule has 0 spiro atoms. The highest BCUT2D eigenvalue weighted by Gasteiger charge is 2.17. The van der Waals surface area contributed by atoms with E-state index in [1.165, 1.54) is 16.4 Å². The third kappa shape index (κ3) is 6.15. The van der Waals surface area contributed by atoms with Crippen molar-refractivity contribution in [2.24, 2.45) is 0 Å². The highest BCUT2D eigenvalue weighted by Crippen LogP contribution is 2.18. The lowest BCUT2D eigenvalue weighted by Crippen LogP contribution is -2.32. The predicted octanol–water partition coefficient (Wildman–Crippen LogP) is 3.00. The summed E-state index contributed by atoms with van der Waals surface area (Å²) in [5, 5.41) is 2.75. The van der Waals surface area contributed by atoms with Gasteiger partial charge in [-0.15, -0.1) is 0 Å². The van der Waals surface area contributed by atoms with Crippen LogP contribution < -0.4 is 9.62 Å². The zero-order valence-electron chi connectivity index (χ0n) is 14.9. The molecule has 0 aromatic heterocycles. The average Bonchev–Trinajstić information content (AvgIpc) is 2.58. The summed E-state index contributed by atoms with van der Waals surface area (Å²) >= 11 is 0. The number of halogens is 1. The van der Waals surface area contributed by atoms with Gasteiger partial charge in [0.05, 0.1) is 11.9 Å². The van der Waals surface area contributed by atoms with Crippen LogP contribution in [0.15, 0.2) is 48.5 Å². The molecule has 2 aromatic rings. The van der Waals surface area contributed by atoms with Gasteiger partial charge in [-0.05, 0) is 43.2 Å². The zero-order valence-corrected chi connectivity index (χ0v) is 15.7. The molecule has 5 nitrogen and oxygen atoms in total. The highest BCUT2D eigenvalue weighted by molar-refractivity contribution is 7.92. The van der Waals surface area contributed by atoms with Gasteiger partial charge >= 0.3 is 0 Å². The average molecular weight is 378 g/mol. The third-order valence-corrected chi connectivity index (χ3v) is 5.08. The number of carbonyl (C=O) groups excluding carboxylic acids is 1. The molecule has 0 aliphatic heterocycles. The summed E-state index contributed by atoms with van der Waals surface area (Å²) in [4.78, 5) is 11.9. The molecular weight excluding hydrogens is 355 g/mol. The molecule has 1 N–H and O–H groups in total. The monoisotopic (exact) mass is 378 g/mol. The minimum Gasteiger partial charge on any atom is -0.352 e. The zero-order chi connectivity index (χ0) is 19.2. The van der Waals surface area contributed by atoms with Crippen molar-refractivity contribution >= 4 is 21.6 Å². The normalized spacial score (nSPS) is 11.2. The number of rotatable bonds is 8. The fraction of sp³-hybridized carbons (Fsp3) is 0.316. The molecule has 0 aliphatic rings. The second-order valence-electron chi connectivity index (χ2n) is 6.18.